The zero-order chi connectivity index (χ0) is 15.3. The van der Waals surface area contributed by atoms with Gasteiger partial charge in [-0.05, 0) is 45.5 Å². The zero-order valence-corrected chi connectivity index (χ0v) is 12.5. The average molecular weight is 288 g/mol. The Morgan fingerprint density at radius 2 is 1.65 bits per heavy atom. The van der Waals surface area contributed by atoms with Crippen LogP contribution in [0.5, 0.6) is 0 Å². The van der Waals surface area contributed by atoms with E-state index >= 15 is 0 Å². The summed E-state index contributed by atoms with van der Waals surface area (Å²) in [6.45, 7) is 7.91. The van der Waals surface area contributed by atoms with E-state index in [0.29, 0.717) is 6.04 Å². The zero-order valence-electron chi connectivity index (χ0n) is 12.5. The molecule has 0 aliphatic carbocycles. The molecule has 0 amide bonds. The van der Waals surface area contributed by atoms with Crippen molar-refractivity contribution in [1.82, 2.24) is 10.2 Å². The predicted molar refractivity (Wildman–Crippen MR) is 75.6 cm³/mol. The number of hydrogen-bond donors (Lipinski definition) is 1. The molecule has 20 heavy (non-hydrogen) atoms. The van der Waals surface area contributed by atoms with E-state index in [1.165, 1.54) is 12.1 Å². The molecule has 1 aromatic carbocycles. The van der Waals surface area contributed by atoms with Gasteiger partial charge < -0.3 is 10.2 Å². The van der Waals surface area contributed by atoms with Crippen molar-refractivity contribution < 1.29 is 13.2 Å². The van der Waals surface area contributed by atoms with E-state index in [2.05, 4.69) is 31.1 Å². The lowest BCUT2D eigenvalue weighted by Crippen LogP contribution is -2.34. The van der Waals surface area contributed by atoms with Gasteiger partial charge in [-0.3, -0.25) is 0 Å². The molecule has 0 heterocycles. The Morgan fingerprint density at radius 3 is 2.10 bits per heavy atom. The molecule has 0 radical (unpaired) electrons. The first-order chi connectivity index (χ1) is 9.21. The third-order valence-electron chi connectivity index (χ3n) is 3.53. The van der Waals surface area contributed by atoms with Crippen LogP contribution < -0.4 is 5.32 Å². The summed E-state index contributed by atoms with van der Waals surface area (Å²) in [5.74, 6) is 0. The lowest BCUT2D eigenvalue weighted by Gasteiger charge is -2.22. The van der Waals surface area contributed by atoms with Crippen LogP contribution in [0.25, 0.3) is 0 Å². The van der Waals surface area contributed by atoms with Gasteiger partial charge in [0.1, 0.15) is 0 Å². The van der Waals surface area contributed by atoms with Crippen molar-refractivity contribution in [3.8, 4) is 0 Å². The molecule has 0 aliphatic rings. The minimum atomic E-state index is -4.27. The maximum absolute atomic E-state index is 12.5. The van der Waals surface area contributed by atoms with E-state index in [4.69, 9.17) is 0 Å². The molecule has 1 N–H and O–H groups in total. The maximum Gasteiger partial charge on any atom is 0.416 e. The molecule has 0 saturated heterocycles. The molecule has 0 spiro atoms. The van der Waals surface area contributed by atoms with Gasteiger partial charge in [0.2, 0.25) is 0 Å². The van der Waals surface area contributed by atoms with E-state index in [-0.39, 0.29) is 6.04 Å². The fourth-order valence-corrected chi connectivity index (χ4v) is 1.79. The SMILES string of the molecule is CC(NCCN(C)C(C)C)c1ccc(C(F)(F)F)cc1. The van der Waals surface area contributed by atoms with Crippen molar-refractivity contribution in [3.63, 3.8) is 0 Å². The lowest BCUT2D eigenvalue weighted by molar-refractivity contribution is -0.137. The Labute approximate surface area is 119 Å². The van der Waals surface area contributed by atoms with Crippen LogP contribution in [-0.2, 0) is 6.18 Å². The molecule has 114 valence electrons. The molecule has 2 nitrogen and oxygen atoms in total. The minimum absolute atomic E-state index is 0.0397. The maximum atomic E-state index is 12.5. The van der Waals surface area contributed by atoms with Crippen molar-refractivity contribution in [1.29, 1.82) is 0 Å². The van der Waals surface area contributed by atoms with Crippen LogP contribution in [0.1, 0.15) is 37.9 Å². The molecule has 1 atom stereocenters. The van der Waals surface area contributed by atoms with Gasteiger partial charge in [-0.1, -0.05) is 12.1 Å². The predicted octanol–water partition coefficient (Wildman–Crippen LogP) is 3.70. The molecular weight excluding hydrogens is 265 g/mol. The third-order valence-corrected chi connectivity index (χ3v) is 3.53. The number of nitrogens with zero attached hydrogens (tertiary/aromatic N) is 1. The van der Waals surface area contributed by atoms with E-state index in [9.17, 15) is 13.2 Å². The first kappa shape index (κ1) is 17.0. The van der Waals surface area contributed by atoms with Gasteiger partial charge in [-0.2, -0.15) is 13.2 Å². The molecule has 5 heteroatoms. The number of hydrogen-bond acceptors (Lipinski definition) is 2. The number of likely N-dealkylation sites (N-methyl/N-ethyl adjacent to an activating group) is 1. The summed E-state index contributed by atoms with van der Waals surface area (Å²) in [5, 5.41) is 3.32. The summed E-state index contributed by atoms with van der Waals surface area (Å²) >= 11 is 0. The Morgan fingerprint density at radius 1 is 1.10 bits per heavy atom. The van der Waals surface area contributed by atoms with Crippen LogP contribution in [0, 0.1) is 0 Å². The number of rotatable bonds is 6. The summed E-state index contributed by atoms with van der Waals surface area (Å²) in [7, 11) is 2.05. The second-order valence-corrected chi connectivity index (χ2v) is 5.37. The highest BCUT2D eigenvalue weighted by molar-refractivity contribution is 5.26. The molecule has 0 saturated carbocycles. The minimum Gasteiger partial charge on any atom is -0.309 e. The molecule has 0 aromatic heterocycles. The Hall–Kier alpha value is -1.07. The highest BCUT2D eigenvalue weighted by atomic mass is 19.4. The van der Waals surface area contributed by atoms with Crippen LogP contribution in [0.4, 0.5) is 13.2 Å². The largest absolute Gasteiger partial charge is 0.416 e. The molecule has 0 aliphatic heterocycles. The molecule has 0 bridgehead atoms. The van der Waals surface area contributed by atoms with Gasteiger partial charge >= 0.3 is 6.18 Å². The second kappa shape index (κ2) is 7.09. The second-order valence-electron chi connectivity index (χ2n) is 5.37. The Balaban J connectivity index is 2.50. The Bertz CT molecular complexity index is 399. The third kappa shape index (κ3) is 5.13. The van der Waals surface area contributed by atoms with Gasteiger partial charge in [0.25, 0.3) is 0 Å². The monoisotopic (exact) mass is 288 g/mol. The summed E-state index contributed by atoms with van der Waals surface area (Å²) in [4.78, 5) is 2.21. The van der Waals surface area contributed by atoms with Crippen LogP contribution in [0.15, 0.2) is 24.3 Å². The van der Waals surface area contributed by atoms with Crippen molar-refractivity contribution in [2.45, 2.75) is 39.0 Å². The Kier molecular flexibility index (Phi) is 6.02. The highest BCUT2D eigenvalue weighted by Gasteiger charge is 2.30. The average Bonchev–Trinajstić information content (AvgIpc) is 2.37. The molecular formula is C15H23F3N2. The molecule has 1 unspecified atom stereocenters. The van der Waals surface area contributed by atoms with Gasteiger partial charge in [0.15, 0.2) is 0 Å². The van der Waals surface area contributed by atoms with Crippen LogP contribution in [0.2, 0.25) is 0 Å². The van der Waals surface area contributed by atoms with Gasteiger partial charge in [0.05, 0.1) is 5.56 Å². The molecule has 1 rings (SSSR count). The number of halogens is 3. The van der Waals surface area contributed by atoms with Crippen LogP contribution in [0.3, 0.4) is 0 Å². The van der Waals surface area contributed by atoms with Crippen LogP contribution in [-0.4, -0.2) is 31.1 Å². The van der Waals surface area contributed by atoms with Gasteiger partial charge in [0, 0.05) is 25.2 Å². The summed E-state index contributed by atoms with van der Waals surface area (Å²) in [5.41, 5.74) is 0.262. The van der Waals surface area contributed by atoms with E-state index in [0.717, 1.165) is 30.8 Å². The topological polar surface area (TPSA) is 15.3 Å². The smallest absolute Gasteiger partial charge is 0.309 e. The number of alkyl halides is 3. The van der Waals surface area contributed by atoms with Crippen LogP contribution >= 0.6 is 0 Å². The number of nitrogens with one attached hydrogen (secondary N) is 1. The first-order valence-corrected chi connectivity index (χ1v) is 6.82. The van der Waals surface area contributed by atoms with Crippen molar-refractivity contribution in [3.05, 3.63) is 35.4 Å². The summed E-state index contributed by atoms with van der Waals surface area (Å²) in [6, 6.07) is 5.86. The van der Waals surface area contributed by atoms with Crippen molar-refractivity contribution in [2.24, 2.45) is 0 Å². The molecule has 1 aromatic rings. The van der Waals surface area contributed by atoms with E-state index in [1.807, 2.05) is 6.92 Å². The van der Waals surface area contributed by atoms with Crippen molar-refractivity contribution in [2.75, 3.05) is 20.1 Å². The van der Waals surface area contributed by atoms with Gasteiger partial charge in [-0.25, -0.2) is 0 Å². The quantitative estimate of drug-likeness (QED) is 0.858. The standard InChI is InChI=1S/C15H23F3N2/c1-11(2)20(4)10-9-19-12(3)13-5-7-14(8-6-13)15(16,17)18/h5-8,11-12,19H,9-10H2,1-4H3. The molecule has 0 fully saturated rings. The highest BCUT2D eigenvalue weighted by Crippen LogP contribution is 2.29. The van der Waals surface area contributed by atoms with E-state index in [1.54, 1.807) is 0 Å². The lowest BCUT2D eigenvalue weighted by atomic mass is 10.1. The number of benzene rings is 1. The van der Waals surface area contributed by atoms with Crippen molar-refractivity contribution >= 4 is 0 Å². The fraction of sp³-hybridized carbons (Fsp3) is 0.600. The first-order valence-electron chi connectivity index (χ1n) is 6.82. The van der Waals surface area contributed by atoms with Gasteiger partial charge in [-0.15, -0.1) is 0 Å². The van der Waals surface area contributed by atoms with E-state index < -0.39 is 11.7 Å². The normalized spacial score (nSPS) is 14.1. The summed E-state index contributed by atoms with van der Waals surface area (Å²) < 4.78 is 37.4. The fourth-order valence-electron chi connectivity index (χ4n) is 1.79. The summed E-state index contributed by atoms with van der Waals surface area (Å²) in [6.07, 6.45) is -4.27.